The summed E-state index contributed by atoms with van der Waals surface area (Å²) >= 11 is 6.36. The van der Waals surface area contributed by atoms with E-state index in [1.54, 1.807) is 0 Å². The van der Waals surface area contributed by atoms with Crippen LogP contribution in [0, 0.1) is 0 Å². The molecule has 5 rings (SSSR count). The molecule has 4 aromatic carbocycles. The molecular formula is C27H23ClN2O4S. The molecule has 178 valence electrons. The first kappa shape index (κ1) is 23.2. The van der Waals surface area contributed by atoms with Crippen molar-refractivity contribution in [3.05, 3.63) is 95.5 Å². The number of sulfonamides is 1. The van der Waals surface area contributed by atoms with E-state index in [1.807, 2.05) is 66.7 Å². The van der Waals surface area contributed by atoms with E-state index in [-0.39, 0.29) is 28.2 Å². The quantitative estimate of drug-likeness (QED) is 0.366. The number of amides is 1. The summed E-state index contributed by atoms with van der Waals surface area (Å²) in [5.74, 6) is -0.114. The maximum absolute atomic E-state index is 13.4. The summed E-state index contributed by atoms with van der Waals surface area (Å²) in [4.78, 5) is 12.6. The summed E-state index contributed by atoms with van der Waals surface area (Å²) in [6.07, 6.45) is 1.59. The van der Waals surface area contributed by atoms with E-state index >= 15 is 0 Å². The minimum absolute atomic E-state index is 0.0757. The van der Waals surface area contributed by atoms with Gasteiger partial charge in [0.05, 0.1) is 15.6 Å². The number of hydrogen-bond donors (Lipinski definition) is 1. The zero-order valence-electron chi connectivity index (χ0n) is 18.8. The third-order valence-electron chi connectivity index (χ3n) is 5.98. The Bertz CT molecular complexity index is 1520. The van der Waals surface area contributed by atoms with Crippen LogP contribution in [0.1, 0.15) is 12.0 Å². The first-order valence-corrected chi connectivity index (χ1v) is 13.1. The Morgan fingerprint density at radius 3 is 2.60 bits per heavy atom. The molecule has 4 aromatic rings. The van der Waals surface area contributed by atoms with Gasteiger partial charge in [-0.1, -0.05) is 66.2 Å². The molecule has 0 aromatic heterocycles. The van der Waals surface area contributed by atoms with Crippen molar-refractivity contribution < 1.29 is 17.9 Å². The monoisotopic (exact) mass is 506 g/mol. The van der Waals surface area contributed by atoms with Gasteiger partial charge in [0, 0.05) is 17.6 Å². The molecule has 1 aliphatic heterocycles. The number of benzene rings is 4. The zero-order valence-corrected chi connectivity index (χ0v) is 20.4. The number of nitrogens with zero attached hydrogens (tertiary/aromatic N) is 1. The lowest BCUT2D eigenvalue weighted by atomic mass is 10.0. The fourth-order valence-electron chi connectivity index (χ4n) is 4.30. The number of aryl methyl sites for hydroxylation is 1. The van der Waals surface area contributed by atoms with Crippen LogP contribution in [0.2, 0.25) is 5.02 Å². The highest BCUT2D eigenvalue weighted by Gasteiger charge is 2.29. The molecule has 8 heteroatoms. The minimum atomic E-state index is -3.79. The number of halogens is 1. The Morgan fingerprint density at radius 1 is 0.971 bits per heavy atom. The first-order chi connectivity index (χ1) is 16.9. The molecule has 0 bridgehead atoms. The Balaban J connectivity index is 1.29. The number of fused-ring (bicyclic) bond motifs is 2. The summed E-state index contributed by atoms with van der Waals surface area (Å²) < 4.78 is 33.7. The maximum Gasteiger partial charge on any atom is 0.264 e. The molecule has 0 atom stereocenters. The molecule has 1 amide bonds. The highest BCUT2D eigenvalue weighted by Crippen LogP contribution is 2.34. The molecule has 1 heterocycles. The molecule has 35 heavy (non-hydrogen) atoms. The van der Waals surface area contributed by atoms with Crippen molar-refractivity contribution in [1.29, 1.82) is 0 Å². The Kier molecular flexibility index (Phi) is 6.36. The van der Waals surface area contributed by atoms with Crippen LogP contribution in [-0.2, 0) is 21.2 Å². The predicted molar refractivity (Wildman–Crippen MR) is 139 cm³/mol. The smallest absolute Gasteiger partial charge is 0.264 e. The van der Waals surface area contributed by atoms with Gasteiger partial charge >= 0.3 is 0 Å². The standard InChI is InChI=1S/C27H23ClN2O4S/c28-23-17-21(35(32,33)30-16-6-10-20-8-2-4-13-25(20)30)14-15-26(23)34-18-27(31)29-24-12-5-9-19-7-1-3-11-22(19)24/h1-5,7-9,11-15,17H,6,10,16,18H2,(H,29,31). The van der Waals surface area contributed by atoms with Crippen molar-refractivity contribution in [2.24, 2.45) is 0 Å². The van der Waals surface area contributed by atoms with Gasteiger partial charge in [-0.2, -0.15) is 0 Å². The lowest BCUT2D eigenvalue weighted by Crippen LogP contribution is -2.35. The fourth-order valence-corrected chi connectivity index (χ4v) is 6.17. The Labute approximate surface area is 209 Å². The lowest BCUT2D eigenvalue weighted by Gasteiger charge is -2.30. The molecule has 6 nitrogen and oxygen atoms in total. The van der Waals surface area contributed by atoms with E-state index < -0.39 is 10.0 Å². The molecule has 0 fully saturated rings. The summed E-state index contributed by atoms with van der Waals surface area (Å²) in [7, 11) is -3.79. The van der Waals surface area contributed by atoms with Crippen molar-refractivity contribution in [3.63, 3.8) is 0 Å². The number of nitrogens with one attached hydrogen (secondary N) is 1. The van der Waals surface area contributed by atoms with Gasteiger partial charge in [0.25, 0.3) is 15.9 Å². The van der Waals surface area contributed by atoms with Gasteiger partial charge in [-0.3, -0.25) is 9.10 Å². The predicted octanol–water partition coefficient (Wildman–Crippen LogP) is 5.65. The van der Waals surface area contributed by atoms with Crippen LogP contribution in [0.25, 0.3) is 10.8 Å². The second-order valence-corrected chi connectivity index (χ2v) is 10.5. The van der Waals surface area contributed by atoms with E-state index in [9.17, 15) is 13.2 Å². The largest absolute Gasteiger partial charge is 0.482 e. The third kappa shape index (κ3) is 4.70. The van der Waals surface area contributed by atoms with Gasteiger partial charge in [-0.05, 0) is 54.1 Å². The third-order valence-corrected chi connectivity index (χ3v) is 8.09. The molecule has 0 aliphatic carbocycles. The molecular weight excluding hydrogens is 484 g/mol. The lowest BCUT2D eigenvalue weighted by molar-refractivity contribution is -0.118. The number of rotatable bonds is 6. The van der Waals surface area contributed by atoms with Crippen LogP contribution in [0.5, 0.6) is 5.75 Å². The Morgan fingerprint density at radius 2 is 1.74 bits per heavy atom. The number of carbonyl (C=O) groups is 1. The van der Waals surface area contributed by atoms with Crippen LogP contribution in [0.3, 0.4) is 0 Å². The number of para-hydroxylation sites is 1. The van der Waals surface area contributed by atoms with Crippen LogP contribution in [0.4, 0.5) is 11.4 Å². The minimum Gasteiger partial charge on any atom is -0.482 e. The van der Waals surface area contributed by atoms with E-state index in [2.05, 4.69) is 5.32 Å². The van der Waals surface area contributed by atoms with E-state index in [1.165, 1.54) is 22.5 Å². The van der Waals surface area contributed by atoms with Crippen LogP contribution in [0.15, 0.2) is 89.8 Å². The van der Waals surface area contributed by atoms with Crippen molar-refractivity contribution in [2.45, 2.75) is 17.7 Å². The molecule has 1 aliphatic rings. The average Bonchev–Trinajstić information content (AvgIpc) is 2.88. The van der Waals surface area contributed by atoms with Gasteiger partial charge in [0.15, 0.2) is 6.61 Å². The second kappa shape index (κ2) is 9.60. The Hall–Kier alpha value is -3.55. The van der Waals surface area contributed by atoms with Crippen LogP contribution >= 0.6 is 11.6 Å². The molecule has 0 saturated carbocycles. The molecule has 1 N–H and O–H groups in total. The number of anilines is 2. The first-order valence-electron chi connectivity index (χ1n) is 11.2. The van der Waals surface area contributed by atoms with Gasteiger partial charge < -0.3 is 10.1 Å². The second-order valence-electron chi connectivity index (χ2n) is 8.27. The maximum atomic E-state index is 13.4. The van der Waals surface area contributed by atoms with Crippen molar-refractivity contribution in [3.8, 4) is 5.75 Å². The van der Waals surface area contributed by atoms with Gasteiger partial charge in [0.1, 0.15) is 5.75 Å². The topological polar surface area (TPSA) is 75.7 Å². The van der Waals surface area contributed by atoms with E-state index in [0.717, 1.165) is 29.2 Å². The SMILES string of the molecule is O=C(COc1ccc(S(=O)(=O)N2CCCc3ccccc32)cc1Cl)Nc1cccc2ccccc12. The normalized spacial score (nSPS) is 13.3. The number of carbonyl (C=O) groups excluding carboxylic acids is 1. The highest BCUT2D eigenvalue weighted by molar-refractivity contribution is 7.92. The van der Waals surface area contributed by atoms with Gasteiger partial charge in [-0.25, -0.2) is 8.42 Å². The molecule has 0 radical (unpaired) electrons. The molecule has 0 saturated heterocycles. The molecule has 0 spiro atoms. The van der Waals surface area contributed by atoms with E-state index in [4.69, 9.17) is 16.3 Å². The van der Waals surface area contributed by atoms with Gasteiger partial charge in [0.2, 0.25) is 0 Å². The average molecular weight is 507 g/mol. The van der Waals surface area contributed by atoms with E-state index in [0.29, 0.717) is 17.9 Å². The van der Waals surface area contributed by atoms with Crippen LogP contribution < -0.4 is 14.4 Å². The summed E-state index contributed by atoms with van der Waals surface area (Å²) in [6, 6.07) is 25.2. The fraction of sp³-hybridized carbons (Fsp3) is 0.148. The summed E-state index contributed by atoms with van der Waals surface area (Å²) in [5, 5.41) is 4.92. The van der Waals surface area contributed by atoms with Crippen LogP contribution in [-0.4, -0.2) is 27.5 Å². The summed E-state index contributed by atoms with van der Waals surface area (Å²) in [5.41, 5.74) is 2.39. The van der Waals surface area contributed by atoms with Crippen molar-refractivity contribution in [1.82, 2.24) is 0 Å². The van der Waals surface area contributed by atoms with Gasteiger partial charge in [-0.15, -0.1) is 0 Å². The number of hydrogen-bond acceptors (Lipinski definition) is 4. The molecule has 0 unspecified atom stereocenters. The summed E-state index contributed by atoms with van der Waals surface area (Å²) in [6.45, 7) is 0.137. The highest BCUT2D eigenvalue weighted by atomic mass is 35.5. The zero-order chi connectivity index (χ0) is 24.4. The number of ether oxygens (including phenoxy) is 1. The van der Waals surface area contributed by atoms with Crippen molar-refractivity contribution in [2.75, 3.05) is 22.8 Å². The van der Waals surface area contributed by atoms with Crippen molar-refractivity contribution >= 4 is 49.7 Å².